The third-order valence-corrected chi connectivity index (χ3v) is 2.91. The van der Waals surface area contributed by atoms with Crippen LogP contribution in [0.1, 0.15) is 16.7 Å². The van der Waals surface area contributed by atoms with Crippen LogP contribution in [0.3, 0.4) is 0 Å². The molecule has 0 heterocycles. The zero-order valence-electron chi connectivity index (χ0n) is 11.3. The number of anilines is 1. The van der Waals surface area contributed by atoms with Crippen molar-refractivity contribution in [2.75, 3.05) is 5.43 Å². The molecule has 0 unspecified atom stereocenters. The first-order valence-corrected chi connectivity index (χ1v) is 6.17. The SMILES string of the molecule is Cc1ccc(/C=N\Nc2ccccc2[N+](=O)[O-])c(C)c1. The minimum absolute atomic E-state index is 0.00489. The predicted octanol–water partition coefficient (Wildman–Crippen LogP) is 3.66. The maximum atomic E-state index is 10.9. The molecule has 2 rings (SSSR count). The van der Waals surface area contributed by atoms with Gasteiger partial charge in [0.1, 0.15) is 5.69 Å². The molecule has 0 saturated heterocycles. The molecule has 0 radical (unpaired) electrons. The first-order chi connectivity index (χ1) is 9.58. The van der Waals surface area contributed by atoms with Gasteiger partial charge < -0.3 is 0 Å². The maximum absolute atomic E-state index is 10.9. The van der Waals surface area contributed by atoms with Crippen molar-refractivity contribution in [2.45, 2.75) is 13.8 Å². The van der Waals surface area contributed by atoms with Gasteiger partial charge in [0.05, 0.1) is 11.1 Å². The highest BCUT2D eigenvalue weighted by atomic mass is 16.6. The fourth-order valence-electron chi connectivity index (χ4n) is 1.87. The molecule has 2 aromatic rings. The summed E-state index contributed by atoms with van der Waals surface area (Å²) in [5, 5.41) is 14.9. The van der Waals surface area contributed by atoms with E-state index in [1.165, 1.54) is 11.6 Å². The Morgan fingerprint density at radius 1 is 1.20 bits per heavy atom. The van der Waals surface area contributed by atoms with E-state index >= 15 is 0 Å². The van der Waals surface area contributed by atoms with Gasteiger partial charge in [0.15, 0.2) is 0 Å². The fraction of sp³-hybridized carbons (Fsp3) is 0.133. The highest BCUT2D eigenvalue weighted by Gasteiger charge is 2.10. The second kappa shape index (κ2) is 5.97. The lowest BCUT2D eigenvalue weighted by Crippen LogP contribution is -1.97. The Balaban J connectivity index is 2.16. The third kappa shape index (κ3) is 3.20. The van der Waals surface area contributed by atoms with Gasteiger partial charge in [-0.25, -0.2) is 0 Å². The van der Waals surface area contributed by atoms with Crippen LogP contribution in [-0.4, -0.2) is 11.1 Å². The quantitative estimate of drug-likeness (QED) is 0.523. The molecule has 5 heteroatoms. The largest absolute Gasteiger partial charge is 0.294 e. The predicted molar refractivity (Wildman–Crippen MR) is 80.2 cm³/mol. The lowest BCUT2D eigenvalue weighted by Gasteiger charge is -2.03. The Labute approximate surface area is 117 Å². The van der Waals surface area contributed by atoms with Crippen molar-refractivity contribution in [2.24, 2.45) is 5.10 Å². The van der Waals surface area contributed by atoms with Gasteiger partial charge in [-0.05, 0) is 31.0 Å². The van der Waals surface area contributed by atoms with Gasteiger partial charge in [-0.2, -0.15) is 5.10 Å². The van der Waals surface area contributed by atoms with Crippen molar-refractivity contribution in [1.82, 2.24) is 0 Å². The van der Waals surface area contributed by atoms with Crippen LogP contribution < -0.4 is 5.43 Å². The van der Waals surface area contributed by atoms with Crippen LogP contribution in [0.5, 0.6) is 0 Å². The van der Waals surface area contributed by atoms with E-state index in [0.717, 1.165) is 11.1 Å². The molecule has 2 aromatic carbocycles. The number of rotatable bonds is 4. The minimum atomic E-state index is -0.436. The first kappa shape index (κ1) is 13.7. The Hall–Kier alpha value is -2.69. The van der Waals surface area contributed by atoms with Gasteiger partial charge >= 0.3 is 0 Å². The molecule has 0 bridgehead atoms. The van der Waals surface area contributed by atoms with Gasteiger partial charge in [-0.3, -0.25) is 15.5 Å². The minimum Gasteiger partial charge on any atom is -0.272 e. The molecule has 0 atom stereocenters. The van der Waals surface area contributed by atoms with E-state index in [1.54, 1.807) is 24.4 Å². The van der Waals surface area contributed by atoms with E-state index in [1.807, 2.05) is 26.0 Å². The third-order valence-electron chi connectivity index (χ3n) is 2.91. The average Bonchev–Trinajstić information content (AvgIpc) is 2.41. The second-order valence-corrected chi connectivity index (χ2v) is 4.50. The van der Waals surface area contributed by atoms with Crippen molar-refractivity contribution in [1.29, 1.82) is 0 Å². The lowest BCUT2D eigenvalue weighted by atomic mass is 10.1. The highest BCUT2D eigenvalue weighted by Crippen LogP contribution is 2.22. The van der Waals surface area contributed by atoms with Gasteiger partial charge in [-0.1, -0.05) is 35.9 Å². The summed E-state index contributed by atoms with van der Waals surface area (Å²) in [6.45, 7) is 4.03. The molecule has 0 saturated carbocycles. The summed E-state index contributed by atoms with van der Waals surface area (Å²) in [6, 6.07) is 12.4. The van der Waals surface area contributed by atoms with Crippen LogP contribution in [0, 0.1) is 24.0 Å². The fourth-order valence-corrected chi connectivity index (χ4v) is 1.87. The summed E-state index contributed by atoms with van der Waals surface area (Å²) in [5.41, 5.74) is 6.36. The highest BCUT2D eigenvalue weighted by molar-refractivity contribution is 5.82. The number of hydrogen-bond acceptors (Lipinski definition) is 4. The zero-order valence-corrected chi connectivity index (χ0v) is 11.3. The van der Waals surface area contributed by atoms with Crippen molar-refractivity contribution in [3.63, 3.8) is 0 Å². The summed E-state index contributed by atoms with van der Waals surface area (Å²) >= 11 is 0. The number of nitro groups is 1. The molecule has 0 aromatic heterocycles. The molecule has 0 spiro atoms. The number of hydrazone groups is 1. The summed E-state index contributed by atoms with van der Waals surface area (Å²) < 4.78 is 0. The first-order valence-electron chi connectivity index (χ1n) is 6.17. The van der Waals surface area contributed by atoms with Crippen molar-refractivity contribution >= 4 is 17.6 Å². The van der Waals surface area contributed by atoms with Gasteiger partial charge in [0.25, 0.3) is 5.69 Å². The van der Waals surface area contributed by atoms with Crippen LogP contribution in [-0.2, 0) is 0 Å². The monoisotopic (exact) mass is 269 g/mol. The number of nitrogens with zero attached hydrogens (tertiary/aromatic N) is 2. The molecule has 102 valence electrons. The molecule has 0 fully saturated rings. The molecular weight excluding hydrogens is 254 g/mol. The molecule has 5 nitrogen and oxygen atoms in total. The Bertz CT molecular complexity index is 666. The number of aryl methyl sites for hydroxylation is 2. The van der Waals surface area contributed by atoms with Crippen LogP contribution in [0.2, 0.25) is 0 Å². The van der Waals surface area contributed by atoms with E-state index in [-0.39, 0.29) is 5.69 Å². The molecule has 20 heavy (non-hydrogen) atoms. The maximum Gasteiger partial charge on any atom is 0.294 e. The zero-order chi connectivity index (χ0) is 14.5. The van der Waals surface area contributed by atoms with Crippen molar-refractivity contribution < 1.29 is 4.92 Å². The number of hydrogen-bond donors (Lipinski definition) is 1. The summed E-state index contributed by atoms with van der Waals surface area (Å²) in [7, 11) is 0. The Morgan fingerprint density at radius 2 is 1.95 bits per heavy atom. The Kier molecular flexibility index (Phi) is 4.10. The molecule has 0 aliphatic carbocycles. The standard InChI is InChI=1S/C15H15N3O2/c1-11-7-8-13(12(2)9-11)10-16-17-14-5-3-4-6-15(14)18(19)20/h3-10,17H,1-2H3/b16-10-. The van der Waals surface area contributed by atoms with Crippen LogP contribution in [0.25, 0.3) is 0 Å². The number of nitro benzene ring substituents is 1. The van der Waals surface area contributed by atoms with E-state index in [2.05, 4.69) is 16.6 Å². The molecule has 0 aliphatic rings. The summed E-state index contributed by atoms with van der Waals surface area (Å²) in [4.78, 5) is 10.4. The summed E-state index contributed by atoms with van der Waals surface area (Å²) in [6.07, 6.45) is 1.66. The molecule has 0 aliphatic heterocycles. The number of benzene rings is 2. The normalized spacial score (nSPS) is 10.7. The summed E-state index contributed by atoms with van der Waals surface area (Å²) in [5.74, 6) is 0. The van der Waals surface area contributed by atoms with Crippen molar-refractivity contribution in [3.05, 3.63) is 69.3 Å². The lowest BCUT2D eigenvalue weighted by molar-refractivity contribution is -0.384. The smallest absolute Gasteiger partial charge is 0.272 e. The van der Waals surface area contributed by atoms with E-state index < -0.39 is 4.92 Å². The average molecular weight is 269 g/mol. The second-order valence-electron chi connectivity index (χ2n) is 4.50. The van der Waals surface area contributed by atoms with Crippen LogP contribution >= 0.6 is 0 Å². The van der Waals surface area contributed by atoms with E-state index in [4.69, 9.17) is 0 Å². The van der Waals surface area contributed by atoms with Crippen molar-refractivity contribution in [3.8, 4) is 0 Å². The van der Waals surface area contributed by atoms with E-state index in [0.29, 0.717) is 5.69 Å². The van der Waals surface area contributed by atoms with Crippen LogP contribution in [0.15, 0.2) is 47.6 Å². The molecule has 1 N–H and O–H groups in total. The van der Waals surface area contributed by atoms with Crippen LogP contribution in [0.4, 0.5) is 11.4 Å². The Morgan fingerprint density at radius 3 is 2.65 bits per heavy atom. The topological polar surface area (TPSA) is 67.5 Å². The van der Waals surface area contributed by atoms with Gasteiger partial charge in [0.2, 0.25) is 0 Å². The molecule has 0 amide bonds. The molecular formula is C15H15N3O2. The number of para-hydroxylation sites is 2. The van der Waals surface area contributed by atoms with Gasteiger partial charge in [0, 0.05) is 6.07 Å². The van der Waals surface area contributed by atoms with Gasteiger partial charge in [-0.15, -0.1) is 0 Å². The number of nitrogens with one attached hydrogen (secondary N) is 1. The van der Waals surface area contributed by atoms with E-state index in [9.17, 15) is 10.1 Å².